The van der Waals surface area contributed by atoms with Gasteiger partial charge in [0.15, 0.2) is 12.2 Å². The Kier molecular flexibility index (Phi) is 68.1. The number of ether oxygens (including phenoxy) is 4. The standard InChI is InChI=1S/C79H154O17P2/c1-8-9-10-11-12-13-24-31-39-46-53-60-76(81)89-67-75(96-79(84)63-56-49-42-35-34-38-45-52-59-72(6)7)69-94-98(87,88)92-65-73(80)64-91-97(85,86)93-68-74(66-90-77(82)61-54-47-40-32-27-23-22-26-30-37-44-51-58-71(4)5)95-78(83)62-55-48-41-33-28-21-19-17-15-14-16-18-20-25-29-36-43-50-57-70(2)3/h70-75,80H,8-69H2,1-7H3,(H,85,86)(H,87,88)/t73-,74-,75-/m1/s1. The van der Waals surface area contributed by atoms with Crippen LogP contribution in [0.3, 0.4) is 0 Å². The molecule has 0 bridgehead atoms. The number of carbonyl (C=O) groups is 4. The van der Waals surface area contributed by atoms with Gasteiger partial charge in [-0.05, 0) is 43.4 Å². The Morgan fingerprint density at radius 3 is 0.694 bits per heavy atom. The molecule has 0 saturated carbocycles. The minimum absolute atomic E-state index is 0.105. The van der Waals surface area contributed by atoms with Crippen molar-refractivity contribution in [3.8, 4) is 0 Å². The highest BCUT2D eigenvalue weighted by Gasteiger charge is 2.30. The molecular weight excluding hydrogens is 1280 g/mol. The number of hydrogen-bond donors (Lipinski definition) is 3. The van der Waals surface area contributed by atoms with E-state index < -0.39 is 97.5 Å². The smallest absolute Gasteiger partial charge is 0.462 e. The maximum Gasteiger partial charge on any atom is 0.472 e. The molecule has 0 aliphatic carbocycles. The highest BCUT2D eigenvalue weighted by Crippen LogP contribution is 2.45. The van der Waals surface area contributed by atoms with E-state index in [9.17, 15) is 43.2 Å². The second-order valence-corrected chi connectivity index (χ2v) is 32.8. The first-order chi connectivity index (χ1) is 47.2. The molecule has 98 heavy (non-hydrogen) atoms. The molecule has 0 saturated heterocycles. The Morgan fingerprint density at radius 1 is 0.276 bits per heavy atom. The summed E-state index contributed by atoms with van der Waals surface area (Å²) in [5, 5.41) is 10.6. The van der Waals surface area contributed by atoms with E-state index in [0.29, 0.717) is 25.7 Å². The molecule has 2 unspecified atom stereocenters. The third kappa shape index (κ3) is 72.4. The van der Waals surface area contributed by atoms with Gasteiger partial charge in [0.05, 0.1) is 26.4 Å². The number of phosphoric acid groups is 2. The molecule has 0 radical (unpaired) electrons. The molecule has 0 aromatic carbocycles. The van der Waals surface area contributed by atoms with Crippen molar-refractivity contribution in [3.05, 3.63) is 0 Å². The van der Waals surface area contributed by atoms with E-state index in [0.717, 1.165) is 108 Å². The number of phosphoric ester groups is 2. The van der Waals surface area contributed by atoms with Crippen molar-refractivity contribution < 1.29 is 80.2 Å². The number of aliphatic hydroxyl groups is 1. The summed E-state index contributed by atoms with van der Waals surface area (Å²) in [6.07, 6.45) is 56.9. The zero-order valence-electron chi connectivity index (χ0n) is 64.3. The Hall–Kier alpha value is -1.94. The fourth-order valence-corrected chi connectivity index (χ4v) is 13.7. The van der Waals surface area contributed by atoms with Crippen LogP contribution >= 0.6 is 15.6 Å². The minimum atomic E-state index is -4.96. The highest BCUT2D eigenvalue weighted by atomic mass is 31.2. The van der Waals surface area contributed by atoms with Crippen molar-refractivity contribution in [2.24, 2.45) is 17.8 Å². The summed E-state index contributed by atoms with van der Waals surface area (Å²) in [5.74, 6) is 0.205. The lowest BCUT2D eigenvalue weighted by molar-refractivity contribution is -0.161. The van der Waals surface area contributed by atoms with E-state index >= 15 is 0 Å². The molecule has 0 aromatic heterocycles. The van der Waals surface area contributed by atoms with Crippen LogP contribution in [0.5, 0.6) is 0 Å². The molecule has 0 amide bonds. The number of aliphatic hydroxyl groups excluding tert-OH is 1. The molecule has 0 spiro atoms. The van der Waals surface area contributed by atoms with Gasteiger partial charge in [-0.25, -0.2) is 9.13 Å². The van der Waals surface area contributed by atoms with Crippen LogP contribution in [0.25, 0.3) is 0 Å². The Morgan fingerprint density at radius 2 is 0.469 bits per heavy atom. The van der Waals surface area contributed by atoms with Gasteiger partial charge in [-0.2, -0.15) is 0 Å². The van der Waals surface area contributed by atoms with E-state index in [1.807, 2.05) is 0 Å². The average Bonchev–Trinajstić information content (AvgIpc) is 1.14. The van der Waals surface area contributed by atoms with Crippen LogP contribution in [-0.2, 0) is 65.4 Å². The van der Waals surface area contributed by atoms with Gasteiger partial charge >= 0.3 is 39.5 Å². The van der Waals surface area contributed by atoms with E-state index in [2.05, 4.69) is 48.5 Å². The van der Waals surface area contributed by atoms with Crippen molar-refractivity contribution in [2.45, 2.75) is 426 Å². The highest BCUT2D eigenvalue weighted by molar-refractivity contribution is 7.47. The predicted octanol–water partition coefficient (Wildman–Crippen LogP) is 23.4. The van der Waals surface area contributed by atoms with Crippen LogP contribution < -0.4 is 0 Å². The molecule has 0 aliphatic rings. The van der Waals surface area contributed by atoms with Crippen LogP contribution in [0, 0.1) is 17.8 Å². The molecule has 0 rings (SSSR count). The van der Waals surface area contributed by atoms with Crippen molar-refractivity contribution in [1.29, 1.82) is 0 Å². The zero-order valence-corrected chi connectivity index (χ0v) is 66.0. The van der Waals surface area contributed by atoms with E-state index in [1.165, 1.54) is 218 Å². The molecule has 19 heteroatoms. The molecule has 5 atom stereocenters. The summed E-state index contributed by atoms with van der Waals surface area (Å²) < 4.78 is 68.6. The van der Waals surface area contributed by atoms with Gasteiger partial charge < -0.3 is 33.8 Å². The van der Waals surface area contributed by atoms with E-state index in [4.69, 9.17) is 37.0 Å². The topological polar surface area (TPSA) is 237 Å². The maximum absolute atomic E-state index is 13.1. The lowest BCUT2D eigenvalue weighted by atomic mass is 10.0. The Labute approximate surface area is 600 Å². The van der Waals surface area contributed by atoms with Crippen molar-refractivity contribution in [1.82, 2.24) is 0 Å². The third-order valence-electron chi connectivity index (χ3n) is 18.4. The number of hydrogen-bond acceptors (Lipinski definition) is 15. The number of rotatable bonds is 77. The molecular formula is C79H154O17P2. The first-order valence-electron chi connectivity index (χ1n) is 40.8. The average molecular weight is 1440 g/mol. The Balaban J connectivity index is 5.21. The van der Waals surface area contributed by atoms with Gasteiger partial charge in [0.2, 0.25) is 0 Å². The van der Waals surface area contributed by atoms with Gasteiger partial charge in [0.25, 0.3) is 0 Å². The summed E-state index contributed by atoms with van der Waals surface area (Å²) in [6.45, 7) is 11.9. The molecule has 3 N–H and O–H groups in total. The van der Waals surface area contributed by atoms with Gasteiger partial charge in [-0.15, -0.1) is 0 Å². The molecule has 0 aliphatic heterocycles. The van der Waals surface area contributed by atoms with Crippen LogP contribution in [0.1, 0.15) is 408 Å². The van der Waals surface area contributed by atoms with Gasteiger partial charge in [0.1, 0.15) is 19.3 Å². The summed E-state index contributed by atoms with van der Waals surface area (Å²) in [4.78, 5) is 72.9. The fraction of sp³-hybridized carbons (Fsp3) is 0.949. The van der Waals surface area contributed by atoms with Crippen LogP contribution in [0.15, 0.2) is 0 Å². The predicted molar refractivity (Wildman–Crippen MR) is 400 cm³/mol. The Bertz CT molecular complexity index is 1900. The first kappa shape index (κ1) is 96.1. The number of unbranched alkanes of at least 4 members (excludes halogenated alkanes) is 45. The summed E-state index contributed by atoms with van der Waals surface area (Å²) in [5.41, 5.74) is 0. The van der Waals surface area contributed by atoms with Gasteiger partial charge in [-0.3, -0.25) is 37.3 Å². The number of esters is 4. The van der Waals surface area contributed by atoms with Crippen LogP contribution in [-0.4, -0.2) is 96.7 Å². The first-order valence-corrected chi connectivity index (χ1v) is 43.8. The second kappa shape index (κ2) is 69.4. The summed E-state index contributed by atoms with van der Waals surface area (Å²) in [6, 6.07) is 0. The van der Waals surface area contributed by atoms with Crippen LogP contribution in [0.2, 0.25) is 0 Å². The van der Waals surface area contributed by atoms with Gasteiger partial charge in [-0.1, -0.05) is 357 Å². The van der Waals surface area contributed by atoms with Crippen molar-refractivity contribution >= 4 is 39.5 Å². The summed E-state index contributed by atoms with van der Waals surface area (Å²) in [7, 11) is -9.91. The molecule has 17 nitrogen and oxygen atoms in total. The van der Waals surface area contributed by atoms with Crippen molar-refractivity contribution in [2.75, 3.05) is 39.6 Å². The quantitative estimate of drug-likeness (QED) is 0.0222. The number of carbonyl (C=O) groups excluding carboxylic acids is 4. The molecule has 0 fully saturated rings. The molecule has 582 valence electrons. The SMILES string of the molecule is CCCCCCCCCCCCCC(=O)OC[C@H](COP(=O)(O)OC[C@H](O)COP(=O)(O)OC[C@@H](COC(=O)CCCCCCCCCCCCCCC(C)C)OC(=O)CCCCCCCCCCCCCCCCCCCCC(C)C)OC(=O)CCCCCCCCCCC(C)C. The van der Waals surface area contributed by atoms with E-state index in [1.54, 1.807) is 0 Å². The third-order valence-corrected chi connectivity index (χ3v) is 20.3. The van der Waals surface area contributed by atoms with Crippen LogP contribution in [0.4, 0.5) is 0 Å². The fourth-order valence-electron chi connectivity index (χ4n) is 12.1. The van der Waals surface area contributed by atoms with E-state index in [-0.39, 0.29) is 25.7 Å². The molecule has 0 aromatic rings. The lowest BCUT2D eigenvalue weighted by Crippen LogP contribution is -2.30. The largest absolute Gasteiger partial charge is 0.472 e. The monoisotopic (exact) mass is 1440 g/mol. The molecule has 0 heterocycles. The zero-order chi connectivity index (χ0) is 72.3. The second-order valence-electron chi connectivity index (χ2n) is 29.9. The lowest BCUT2D eigenvalue weighted by Gasteiger charge is -2.21. The van der Waals surface area contributed by atoms with Gasteiger partial charge in [0, 0.05) is 25.7 Å². The normalized spacial score (nSPS) is 14.0. The maximum atomic E-state index is 13.1. The summed E-state index contributed by atoms with van der Waals surface area (Å²) >= 11 is 0. The minimum Gasteiger partial charge on any atom is -0.462 e. The van der Waals surface area contributed by atoms with Crippen molar-refractivity contribution in [3.63, 3.8) is 0 Å².